The minimum absolute atomic E-state index is 0.0164. The second kappa shape index (κ2) is 23.8. The van der Waals surface area contributed by atoms with Gasteiger partial charge in [-0.25, -0.2) is 0 Å². The van der Waals surface area contributed by atoms with Crippen molar-refractivity contribution in [1.29, 1.82) is 0 Å². The molecule has 7 N–H and O–H groups in total. The fourth-order valence-electron chi connectivity index (χ4n) is 7.51. The molecular weight excluding hydrogens is 915 g/mol. The number of nitrogens with zero attached hydrogens (tertiary/aromatic N) is 1. The van der Waals surface area contributed by atoms with Gasteiger partial charge in [0.25, 0.3) is 0 Å². The van der Waals surface area contributed by atoms with Gasteiger partial charge in [0.2, 0.25) is 41.4 Å². The monoisotopic (exact) mass is 994 g/mol. The minimum Gasteiger partial charge on any atom is -0.414 e. The summed E-state index contributed by atoms with van der Waals surface area (Å²) in [6.45, 7) is 24.5. The fourth-order valence-corrected chi connectivity index (χ4v) is 9.54. The highest BCUT2D eigenvalue weighted by molar-refractivity contribution is 6.74. The topological polar surface area (TPSA) is 234 Å². The molecular formula is C50H79N7O10Si2. The van der Waals surface area contributed by atoms with Crippen LogP contribution in [0.5, 0.6) is 0 Å². The van der Waals surface area contributed by atoms with Crippen LogP contribution in [0.2, 0.25) is 36.3 Å². The fraction of sp³-hybridized carbons (Fsp3) is 0.620. The number of carbonyl (C=O) groups is 7. The van der Waals surface area contributed by atoms with Gasteiger partial charge in [0.05, 0.1) is 19.3 Å². The Kier molecular flexibility index (Phi) is 19.5. The Hall–Kier alpha value is -4.96. The number of fused-ring (bicyclic) bond motifs is 1. The van der Waals surface area contributed by atoms with E-state index >= 15 is 0 Å². The summed E-state index contributed by atoms with van der Waals surface area (Å²) < 4.78 is 13.1. The molecule has 19 heteroatoms. The smallest absolute Gasteiger partial charge is 0.246 e. The van der Waals surface area contributed by atoms with Crippen molar-refractivity contribution in [3.63, 3.8) is 0 Å². The summed E-state index contributed by atoms with van der Waals surface area (Å²) in [5.41, 5.74) is 1.40. The summed E-state index contributed by atoms with van der Waals surface area (Å²) in [6.07, 6.45) is -0.754. The van der Waals surface area contributed by atoms with E-state index in [1.54, 1.807) is 50.2 Å². The molecule has 0 aromatic heterocycles. The van der Waals surface area contributed by atoms with Crippen molar-refractivity contribution >= 4 is 58.0 Å². The maximum absolute atomic E-state index is 14.8. The van der Waals surface area contributed by atoms with Crippen LogP contribution < -0.4 is 31.9 Å². The third-order valence-corrected chi connectivity index (χ3v) is 23.1. The van der Waals surface area contributed by atoms with Crippen LogP contribution in [0.3, 0.4) is 0 Å². The maximum Gasteiger partial charge on any atom is 0.246 e. The van der Waals surface area contributed by atoms with Crippen LogP contribution in [-0.2, 0) is 55.3 Å². The van der Waals surface area contributed by atoms with Crippen molar-refractivity contribution in [3.05, 3.63) is 71.8 Å². The van der Waals surface area contributed by atoms with E-state index in [-0.39, 0.29) is 49.1 Å². The lowest BCUT2D eigenvalue weighted by molar-refractivity contribution is -0.143. The number of aliphatic hydroxyl groups is 1. The summed E-state index contributed by atoms with van der Waals surface area (Å²) in [5, 5.41) is 27.1. The van der Waals surface area contributed by atoms with Crippen molar-refractivity contribution < 1.29 is 47.5 Å². The zero-order valence-electron chi connectivity index (χ0n) is 43.0. The van der Waals surface area contributed by atoms with E-state index in [1.165, 1.54) is 11.8 Å². The third-order valence-electron chi connectivity index (χ3n) is 14.1. The number of aliphatic hydroxyl groups excluding tert-OH is 1. The van der Waals surface area contributed by atoms with Gasteiger partial charge in [0, 0.05) is 19.4 Å². The molecule has 0 unspecified atom stereocenters. The molecule has 0 radical (unpaired) electrons. The molecule has 17 nitrogen and oxygen atoms in total. The summed E-state index contributed by atoms with van der Waals surface area (Å²) in [7, 11) is -5.13. The van der Waals surface area contributed by atoms with E-state index in [0.29, 0.717) is 17.5 Å². The van der Waals surface area contributed by atoms with Crippen molar-refractivity contribution in [3.8, 4) is 0 Å². The van der Waals surface area contributed by atoms with Gasteiger partial charge in [0.1, 0.15) is 42.3 Å². The zero-order chi connectivity index (χ0) is 51.6. The highest BCUT2D eigenvalue weighted by Crippen LogP contribution is 2.37. The molecule has 0 spiro atoms. The molecule has 2 aromatic rings. The predicted molar refractivity (Wildman–Crippen MR) is 269 cm³/mol. The van der Waals surface area contributed by atoms with Crippen LogP contribution in [0.4, 0.5) is 0 Å². The van der Waals surface area contributed by atoms with E-state index in [4.69, 9.17) is 8.85 Å². The number of rotatable bonds is 12. The molecule has 8 atom stereocenters. The Morgan fingerprint density at radius 2 is 0.957 bits per heavy atom. The van der Waals surface area contributed by atoms with Crippen LogP contribution in [0, 0.1) is 5.92 Å². The minimum atomic E-state index is -2.57. The molecule has 2 aliphatic heterocycles. The first-order valence-corrected chi connectivity index (χ1v) is 30.0. The molecule has 2 saturated heterocycles. The van der Waals surface area contributed by atoms with E-state index in [2.05, 4.69) is 31.9 Å². The maximum atomic E-state index is 14.8. The lowest BCUT2D eigenvalue weighted by atomic mass is 10.0. The normalized spacial score (nSPS) is 25.1. The molecule has 382 valence electrons. The SMILES string of the molecule is CC(C)[C@H]1NC(=O)[C@H]([C@H](C)O)NC(=O)[C@@H]2CCCN2C(=O)[C@H](Cc2ccccc2)NC(=O)[C@H](CO[Si](C)(C)C(C)(C)C)NC(=O)[C@@H](Cc2ccccc2)NC(=O)[C@H](CO[Si](C)(C)C(C)(C)C)NC1=O. The average Bonchev–Trinajstić information content (AvgIpc) is 3.76. The average molecular weight is 994 g/mol. The summed E-state index contributed by atoms with van der Waals surface area (Å²) in [5.74, 6) is -5.67. The Morgan fingerprint density at radius 1 is 0.565 bits per heavy atom. The van der Waals surface area contributed by atoms with E-state index in [0.717, 1.165) is 0 Å². The van der Waals surface area contributed by atoms with Crippen LogP contribution in [0.15, 0.2) is 60.7 Å². The van der Waals surface area contributed by atoms with Crippen molar-refractivity contribution in [1.82, 2.24) is 36.8 Å². The number of carbonyl (C=O) groups excluding carboxylic acids is 7. The highest BCUT2D eigenvalue weighted by Gasteiger charge is 2.44. The van der Waals surface area contributed by atoms with Gasteiger partial charge in [-0.3, -0.25) is 33.6 Å². The first-order chi connectivity index (χ1) is 32.0. The second-order valence-electron chi connectivity index (χ2n) is 21.9. The van der Waals surface area contributed by atoms with Gasteiger partial charge in [-0.05, 0) is 73.1 Å². The predicted octanol–water partition coefficient (Wildman–Crippen LogP) is 3.47. The molecule has 69 heavy (non-hydrogen) atoms. The van der Waals surface area contributed by atoms with Crippen LogP contribution in [-0.4, -0.2) is 136 Å². The first-order valence-electron chi connectivity index (χ1n) is 24.2. The van der Waals surface area contributed by atoms with Gasteiger partial charge in [-0.15, -0.1) is 0 Å². The summed E-state index contributed by atoms with van der Waals surface area (Å²) in [4.78, 5) is 103. The first kappa shape index (κ1) is 56.6. The number of hydrogen-bond donors (Lipinski definition) is 7. The Morgan fingerprint density at radius 3 is 1.41 bits per heavy atom. The summed E-state index contributed by atoms with van der Waals surface area (Å²) in [6, 6.07) is 8.89. The van der Waals surface area contributed by atoms with E-state index < -0.39 is 112 Å². The number of nitrogens with one attached hydrogen (secondary N) is 6. The van der Waals surface area contributed by atoms with Gasteiger partial charge in [0.15, 0.2) is 16.6 Å². The van der Waals surface area contributed by atoms with Crippen molar-refractivity contribution in [2.24, 2.45) is 5.92 Å². The van der Waals surface area contributed by atoms with Gasteiger partial charge in [-0.2, -0.15) is 0 Å². The highest BCUT2D eigenvalue weighted by atomic mass is 28.4. The van der Waals surface area contributed by atoms with Crippen LogP contribution in [0.25, 0.3) is 0 Å². The third kappa shape index (κ3) is 15.5. The molecule has 0 saturated carbocycles. The number of amides is 7. The standard InChI is InChI=1S/C50H79N7O10Si2/c1-31(2)40-46(63)54-38(30-67-69(12,13)50(7,8)9)43(60)51-35(27-33-21-16-14-17-22-33)42(59)53-37(29-66-68(10,11)49(4,5)6)44(61)52-36(28-34-23-18-15-19-24-34)48(65)57-26-20-25-39(57)45(62)56-41(32(3)58)47(64)55-40/h14-19,21-24,31-32,35-41,58H,20,25-30H2,1-13H3,(H,51,60)(H,52,61)(H,53,59)(H,54,63)(H,55,64)(H,56,62)/t32-,35+,36-,37-,38-,39-,40+,41-/m0/s1. The molecule has 2 aromatic carbocycles. The van der Waals surface area contributed by atoms with Gasteiger partial charge >= 0.3 is 0 Å². The number of benzene rings is 2. The van der Waals surface area contributed by atoms with Crippen molar-refractivity contribution in [2.75, 3.05) is 19.8 Å². The van der Waals surface area contributed by atoms with Crippen LogP contribution in [0.1, 0.15) is 86.3 Å². The molecule has 0 bridgehead atoms. The Balaban J connectivity index is 1.90. The quantitative estimate of drug-likeness (QED) is 0.153. The lowest BCUT2D eigenvalue weighted by Gasteiger charge is -2.38. The van der Waals surface area contributed by atoms with Gasteiger partial charge < -0.3 is 50.8 Å². The zero-order valence-corrected chi connectivity index (χ0v) is 45.0. The Bertz CT molecular complexity index is 2110. The molecule has 2 fully saturated rings. The molecule has 7 amide bonds. The molecule has 2 aliphatic rings. The second-order valence-corrected chi connectivity index (χ2v) is 31.5. The van der Waals surface area contributed by atoms with Gasteiger partial charge in [-0.1, -0.05) is 116 Å². The summed E-state index contributed by atoms with van der Waals surface area (Å²) >= 11 is 0. The van der Waals surface area contributed by atoms with Crippen molar-refractivity contribution in [2.45, 2.75) is 173 Å². The number of hydrogen-bond acceptors (Lipinski definition) is 10. The largest absolute Gasteiger partial charge is 0.414 e. The molecule has 4 rings (SSSR count). The molecule has 2 heterocycles. The Labute approximate surface area is 411 Å². The van der Waals surface area contributed by atoms with E-state index in [9.17, 15) is 38.7 Å². The van der Waals surface area contributed by atoms with Crippen LogP contribution >= 0.6 is 0 Å². The van der Waals surface area contributed by atoms with E-state index in [1.807, 2.05) is 92.0 Å². The molecule has 0 aliphatic carbocycles. The lowest BCUT2D eigenvalue weighted by Crippen LogP contribution is -2.63.